The molecule has 4 heteroatoms. The fourth-order valence-electron chi connectivity index (χ4n) is 2.47. The number of nitriles is 1. The van der Waals surface area contributed by atoms with Gasteiger partial charge in [-0.2, -0.15) is 5.26 Å². The molecule has 0 bridgehead atoms. The Hall–Kier alpha value is -1.44. The van der Waals surface area contributed by atoms with E-state index in [2.05, 4.69) is 11.0 Å². The topological polar surface area (TPSA) is 53.0 Å². The smallest absolute Gasteiger partial charge is 0.128 e. The first-order chi connectivity index (χ1) is 9.54. The van der Waals surface area contributed by atoms with Gasteiger partial charge in [0.1, 0.15) is 5.82 Å². The Balaban J connectivity index is 3.11. The zero-order valence-electron chi connectivity index (χ0n) is 12.5. The van der Waals surface area contributed by atoms with Crippen molar-refractivity contribution in [3.8, 4) is 6.07 Å². The highest BCUT2D eigenvalue weighted by atomic mass is 19.1. The van der Waals surface area contributed by atoms with Crippen LogP contribution in [0.15, 0.2) is 24.3 Å². The molecule has 110 valence electrons. The van der Waals surface area contributed by atoms with Gasteiger partial charge in [0.05, 0.1) is 18.0 Å². The first kappa shape index (κ1) is 16.6. The molecule has 0 saturated carbocycles. The van der Waals surface area contributed by atoms with Gasteiger partial charge < -0.3 is 5.73 Å². The van der Waals surface area contributed by atoms with E-state index in [1.165, 1.54) is 6.07 Å². The first-order valence-electron chi connectivity index (χ1n) is 7.18. The van der Waals surface area contributed by atoms with Gasteiger partial charge in [-0.3, -0.25) is 4.90 Å². The molecule has 0 aromatic heterocycles. The molecule has 1 rings (SSSR count). The van der Waals surface area contributed by atoms with E-state index in [1.54, 1.807) is 12.1 Å². The SMILES string of the molecule is CCC(N)C(c1ccccc1F)N(CC)CC(C)C#N. The zero-order chi connectivity index (χ0) is 15.1. The van der Waals surface area contributed by atoms with Gasteiger partial charge in [0.2, 0.25) is 0 Å². The summed E-state index contributed by atoms with van der Waals surface area (Å²) >= 11 is 0. The molecule has 0 heterocycles. The summed E-state index contributed by atoms with van der Waals surface area (Å²) in [7, 11) is 0. The monoisotopic (exact) mass is 277 g/mol. The van der Waals surface area contributed by atoms with E-state index in [9.17, 15) is 4.39 Å². The van der Waals surface area contributed by atoms with E-state index in [0.29, 0.717) is 12.1 Å². The number of rotatable bonds is 7. The number of hydrogen-bond acceptors (Lipinski definition) is 3. The highest BCUT2D eigenvalue weighted by Crippen LogP contribution is 2.27. The maximum atomic E-state index is 14.1. The predicted octanol–water partition coefficient (Wildman–Crippen LogP) is 3.09. The van der Waals surface area contributed by atoms with Crippen LogP contribution in [-0.2, 0) is 0 Å². The lowest BCUT2D eigenvalue weighted by Gasteiger charge is -2.35. The Morgan fingerprint density at radius 2 is 2.00 bits per heavy atom. The van der Waals surface area contributed by atoms with Gasteiger partial charge in [-0.1, -0.05) is 32.0 Å². The molecule has 2 N–H and O–H groups in total. The van der Waals surface area contributed by atoms with Crippen molar-refractivity contribution in [1.82, 2.24) is 4.90 Å². The third-order valence-corrected chi connectivity index (χ3v) is 3.63. The summed E-state index contributed by atoms with van der Waals surface area (Å²) in [6.07, 6.45) is 0.760. The molecule has 1 aromatic rings. The molecule has 0 fully saturated rings. The average molecular weight is 277 g/mol. The minimum Gasteiger partial charge on any atom is -0.326 e. The predicted molar refractivity (Wildman–Crippen MR) is 79.4 cm³/mol. The maximum absolute atomic E-state index is 14.1. The van der Waals surface area contributed by atoms with Crippen LogP contribution in [0, 0.1) is 23.1 Å². The van der Waals surface area contributed by atoms with Crippen LogP contribution in [0.1, 0.15) is 38.8 Å². The third-order valence-electron chi connectivity index (χ3n) is 3.63. The highest BCUT2D eigenvalue weighted by molar-refractivity contribution is 5.23. The summed E-state index contributed by atoms with van der Waals surface area (Å²) in [4.78, 5) is 2.10. The highest BCUT2D eigenvalue weighted by Gasteiger charge is 2.27. The van der Waals surface area contributed by atoms with Crippen LogP contribution in [0.2, 0.25) is 0 Å². The Kier molecular flexibility index (Phi) is 6.63. The van der Waals surface area contributed by atoms with Crippen LogP contribution in [-0.4, -0.2) is 24.0 Å². The van der Waals surface area contributed by atoms with E-state index in [4.69, 9.17) is 11.0 Å². The molecule has 1 aromatic carbocycles. The van der Waals surface area contributed by atoms with Gasteiger partial charge in [0, 0.05) is 18.2 Å². The van der Waals surface area contributed by atoms with Gasteiger partial charge in [-0.25, -0.2) is 4.39 Å². The van der Waals surface area contributed by atoms with Crippen molar-refractivity contribution in [3.63, 3.8) is 0 Å². The van der Waals surface area contributed by atoms with Crippen molar-refractivity contribution >= 4 is 0 Å². The summed E-state index contributed by atoms with van der Waals surface area (Å²) in [6, 6.07) is 8.65. The summed E-state index contributed by atoms with van der Waals surface area (Å²) in [5, 5.41) is 9.00. The molecular formula is C16H24FN3. The number of nitrogens with two attached hydrogens (primary N) is 1. The largest absolute Gasteiger partial charge is 0.326 e. The van der Waals surface area contributed by atoms with E-state index in [1.807, 2.05) is 26.8 Å². The standard InChI is InChI=1S/C16H24FN3/c1-4-15(19)16(13-8-6-7-9-14(13)17)20(5-2)11-12(3)10-18/h6-9,12,15-16H,4-5,11,19H2,1-3H3. The van der Waals surface area contributed by atoms with Crippen molar-refractivity contribution in [2.45, 2.75) is 39.3 Å². The molecule has 3 unspecified atom stereocenters. The average Bonchev–Trinajstić information content (AvgIpc) is 2.47. The van der Waals surface area contributed by atoms with Crippen LogP contribution in [0.3, 0.4) is 0 Å². The second-order valence-corrected chi connectivity index (χ2v) is 5.16. The van der Waals surface area contributed by atoms with E-state index in [-0.39, 0.29) is 23.8 Å². The molecule has 0 spiro atoms. The maximum Gasteiger partial charge on any atom is 0.128 e. The molecule has 0 radical (unpaired) electrons. The van der Waals surface area contributed by atoms with Crippen LogP contribution < -0.4 is 5.73 Å². The molecule has 3 nitrogen and oxygen atoms in total. The lowest BCUT2D eigenvalue weighted by Crippen LogP contribution is -2.43. The molecule has 20 heavy (non-hydrogen) atoms. The molecular weight excluding hydrogens is 253 g/mol. The molecule has 0 aliphatic rings. The number of benzene rings is 1. The van der Waals surface area contributed by atoms with Crippen molar-refractivity contribution in [3.05, 3.63) is 35.6 Å². The minimum absolute atomic E-state index is 0.103. The fourth-order valence-corrected chi connectivity index (χ4v) is 2.47. The number of nitrogens with zero attached hydrogens (tertiary/aromatic N) is 2. The summed E-state index contributed by atoms with van der Waals surface area (Å²) in [6.45, 7) is 7.22. The van der Waals surface area contributed by atoms with E-state index >= 15 is 0 Å². The second-order valence-electron chi connectivity index (χ2n) is 5.16. The summed E-state index contributed by atoms with van der Waals surface area (Å²) < 4.78 is 14.1. The molecule has 3 atom stereocenters. The van der Waals surface area contributed by atoms with Crippen molar-refractivity contribution in [1.29, 1.82) is 5.26 Å². The van der Waals surface area contributed by atoms with Crippen LogP contribution in [0.4, 0.5) is 4.39 Å². The van der Waals surface area contributed by atoms with Crippen molar-refractivity contribution in [2.24, 2.45) is 11.7 Å². The summed E-state index contributed by atoms with van der Waals surface area (Å²) in [5.41, 5.74) is 6.84. The number of halogens is 1. The Morgan fingerprint density at radius 3 is 2.50 bits per heavy atom. The van der Waals surface area contributed by atoms with Gasteiger partial charge in [0.25, 0.3) is 0 Å². The molecule has 0 saturated heterocycles. The second kappa shape index (κ2) is 7.98. The fraction of sp³-hybridized carbons (Fsp3) is 0.562. The van der Waals surface area contributed by atoms with Crippen molar-refractivity contribution < 1.29 is 4.39 Å². The van der Waals surface area contributed by atoms with Gasteiger partial charge >= 0.3 is 0 Å². The normalized spacial score (nSPS) is 15.7. The van der Waals surface area contributed by atoms with E-state index in [0.717, 1.165) is 13.0 Å². The van der Waals surface area contributed by atoms with Crippen LogP contribution in [0.5, 0.6) is 0 Å². The quantitative estimate of drug-likeness (QED) is 0.833. The molecule has 0 aliphatic carbocycles. The Morgan fingerprint density at radius 1 is 1.35 bits per heavy atom. The van der Waals surface area contributed by atoms with Gasteiger partial charge in [0.15, 0.2) is 0 Å². The third kappa shape index (κ3) is 4.03. The lowest BCUT2D eigenvalue weighted by molar-refractivity contribution is 0.162. The number of hydrogen-bond donors (Lipinski definition) is 1. The van der Waals surface area contributed by atoms with Gasteiger partial charge in [-0.05, 0) is 26.0 Å². The Bertz CT molecular complexity index is 455. The van der Waals surface area contributed by atoms with E-state index < -0.39 is 0 Å². The van der Waals surface area contributed by atoms with Crippen LogP contribution >= 0.6 is 0 Å². The molecule has 0 aliphatic heterocycles. The van der Waals surface area contributed by atoms with Gasteiger partial charge in [-0.15, -0.1) is 0 Å². The molecule has 0 amide bonds. The summed E-state index contributed by atoms with van der Waals surface area (Å²) in [5.74, 6) is -0.335. The minimum atomic E-state index is -0.232. The lowest BCUT2D eigenvalue weighted by atomic mass is 9.95. The first-order valence-corrected chi connectivity index (χ1v) is 7.18. The number of likely N-dealkylation sites (N-methyl/N-ethyl adjacent to an activating group) is 1. The van der Waals surface area contributed by atoms with Crippen molar-refractivity contribution in [2.75, 3.05) is 13.1 Å². The van der Waals surface area contributed by atoms with Crippen LogP contribution in [0.25, 0.3) is 0 Å². The zero-order valence-corrected chi connectivity index (χ0v) is 12.5. The Labute approximate surface area is 121 Å².